The Bertz CT molecular complexity index is 459. The number of amides is 1. The fourth-order valence-corrected chi connectivity index (χ4v) is 2.19. The van der Waals surface area contributed by atoms with E-state index in [0.29, 0.717) is 11.3 Å². The summed E-state index contributed by atoms with van der Waals surface area (Å²) in [5.41, 5.74) is 0.547. The molecule has 0 bridgehead atoms. The molecule has 3 nitrogen and oxygen atoms in total. The minimum atomic E-state index is -0.542. The van der Waals surface area contributed by atoms with Gasteiger partial charge in [-0.2, -0.15) is 0 Å². The number of rotatable bonds is 2. The normalized spacial score (nSPS) is 22.5. The number of anilines is 1. The molecule has 1 aliphatic rings. The van der Waals surface area contributed by atoms with Gasteiger partial charge in [-0.3, -0.25) is 4.79 Å². The molecule has 106 valence electrons. The van der Waals surface area contributed by atoms with Crippen LogP contribution in [0.1, 0.15) is 31.7 Å². The Morgan fingerprint density at radius 1 is 1.42 bits per heavy atom. The minimum absolute atomic E-state index is 0. The van der Waals surface area contributed by atoms with Crippen LogP contribution in [0.5, 0.6) is 0 Å². The maximum atomic E-state index is 13.4. The van der Waals surface area contributed by atoms with E-state index in [0.717, 1.165) is 25.8 Å². The van der Waals surface area contributed by atoms with Crippen LogP contribution < -0.4 is 10.6 Å². The van der Waals surface area contributed by atoms with Crippen LogP contribution in [0.15, 0.2) is 18.2 Å². The van der Waals surface area contributed by atoms with E-state index in [1.54, 1.807) is 19.1 Å². The van der Waals surface area contributed by atoms with Crippen molar-refractivity contribution in [2.75, 3.05) is 11.9 Å². The van der Waals surface area contributed by atoms with E-state index in [1.807, 2.05) is 6.92 Å². The molecule has 2 rings (SSSR count). The van der Waals surface area contributed by atoms with Crippen LogP contribution in [0, 0.1) is 12.7 Å². The number of carbonyl (C=O) groups is 1. The van der Waals surface area contributed by atoms with Crippen molar-refractivity contribution in [1.82, 2.24) is 5.32 Å². The summed E-state index contributed by atoms with van der Waals surface area (Å²) in [5.74, 6) is -0.389. The van der Waals surface area contributed by atoms with Crippen molar-refractivity contribution in [2.45, 2.75) is 38.6 Å². The molecule has 2 N–H and O–H groups in total. The van der Waals surface area contributed by atoms with E-state index in [9.17, 15) is 9.18 Å². The van der Waals surface area contributed by atoms with Crippen LogP contribution >= 0.6 is 12.4 Å². The summed E-state index contributed by atoms with van der Waals surface area (Å²) < 4.78 is 13.4. The van der Waals surface area contributed by atoms with Crippen LogP contribution in [0.2, 0.25) is 0 Å². The summed E-state index contributed by atoms with van der Waals surface area (Å²) in [5, 5.41) is 6.01. The Labute approximate surface area is 119 Å². The van der Waals surface area contributed by atoms with Gasteiger partial charge in [-0.05, 0) is 57.4 Å². The summed E-state index contributed by atoms with van der Waals surface area (Å²) >= 11 is 0. The van der Waals surface area contributed by atoms with Gasteiger partial charge in [-0.25, -0.2) is 4.39 Å². The van der Waals surface area contributed by atoms with Crippen molar-refractivity contribution in [3.05, 3.63) is 29.6 Å². The first-order chi connectivity index (χ1) is 8.51. The van der Waals surface area contributed by atoms with Gasteiger partial charge in [-0.1, -0.05) is 6.07 Å². The molecule has 0 radical (unpaired) electrons. The molecule has 0 spiro atoms. The monoisotopic (exact) mass is 286 g/mol. The van der Waals surface area contributed by atoms with E-state index in [2.05, 4.69) is 10.6 Å². The number of nitrogens with one attached hydrogen (secondary N) is 2. The third-order valence-electron chi connectivity index (χ3n) is 3.55. The lowest BCUT2D eigenvalue weighted by atomic mass is 9.90. The summed E-state index contributed by atoms with van der Waals surface area (Å²) in [4.78, 5) is 12.2. The second-order valence-corrected chi connectivity index (χ2v) is 5.13. The van der Waals surface area contributed by atoms with Crippen molar-refractivity contribution < 1.29 is 9.18 Å². The van der Waals surface area contributed by atoms with Gasteiger partial charge in [0.15, 0.2) is 0 Å². The lowest BCUT2D eigenvalue weighted by molar-refractivity contribution is -0.122. The molecule has 0 saturated carbocycles. The highest BCUT2D eigenvalue weighted by Crippen LogP contribution is 2.21. The van der Waals surface area contributed by atoms with Crippen LogP contribution in [0.3, 0.4) is 0 Å². The summed E-state index contributed by atoms with van der Waals surface area (Å²) in [7, 11) is 0. The van der Waals surface area contributed by atoms with Crippen molar-refractivity contribution in [1.29, 1.82) is 0 Å². The first-order valence-corrected chi connectivity index (χ1v) is 6.34. The quantitative estimate of drug-likeness (QED) is 0.877. The van der Waals surface area contributed by atoms with E-state index >= 15 is 0 Å². The van der Waals surface area contributed by atoms with Gasteiger partial charge in [0.25, 0.3) is 0 Å². The van der Waals surface area contributed by atoms with Gasteiger partial charge in [0.1, 0.15) is 5.82 Å². The first-order valence-electron chi connectivity index (χ1n) is 6.34. The summed E-state index contributed by atoms with van der Waals surface area (Å²) in [6.45, 7) is 4.45. The van der Waals surface area contributed by atoms with Crippen molar-refractivity contribution in [2.24, 2.45) is 0 Å². The van der Waals surface area contributed by atoms with Crippen LogP contribution in [0.25, 0.3) is 0 Å². The number of hydrogen-bond donors (Lipinski definition) is 2. The molecule has 1 atom stereocenters. The van der Waals surface area contributed by atoms with Crippen molar-refractivity contribution in [3.63, 3.8) is 0 Å². The molecule has 0 aliphatic carbocycles. The Kier molecular flexibility index (Phi) is 5.32. The van der Waals surface area contributed by atoms with E-state index in [-0.39, 0.29) is 24.1 Å². The third-order valence-corrected chi connectivity index (χ3v) is 3.55. The van der Waals surface area contributed by atoms with Crippen LogP contribution in [-0.2, 0) is 4.79 Å². The van der Waals surface area contributed by atoms with Gasteiger partial charge in [0.05, 0.1) is 5.54 Å². The maximum Gasteiger partial charge on any atom is 0.244 e. The van der Waals surface area contributed by atoms with Crippen LogP contribution in [-0.4, -0.2) is 18.0 Å². The fraction of sp³-hybridized carbons (Fsp3) is 0.500. The lowest BCUT2D eigenvalue weighted by Gasteiger charge is -2.33. The molecule has 1 aromatic rings. The molecule has 0 aromatic heterocycles. The second kappa shape index (κ2) is 6.35. The first kappa shape index (κ1) is 15.9. The third kappa shape index (κ3) is 3.67. The van der Waals surface area contributed by atoms with Crippen molar-refractivity contribution in [3.8, 4) is 0 Å². The molecular weight excluding hydrogens is 267 g/mol. The minimum Gasteiger partial charge on any atom is -0.324 e. The summed E-state index contributed by atoms with van der Waals surface area (Å²) in [6, 6.07) is 4.75. The maximum absolute atomic E-state index is 13.4. The standard InChI is InChI=1S/C14H19FN2O.ClH/c1-10-5-6-11(9-12(10)15)17-13(18)14(2)7-3-4-8-16-14;/h5-6,9,16H,3-4,7-8H2,1-2H3,(H,17,18);1H. The number of aryl methyl sites for hydroxylation is 1. The predicted molar refractivity (Wildman–Crippen MR) is 77.3 cm³/mol. The molecule has 1 amide bonds. The SMILES string of the molecule is Cc1ccc(NC(=O)C2(C)CCCCN2)cc1F.Cl. The Balaban J connectivity index is 0.00000180. The van der Waals surface area contributed by atoms with Gasteiger partial charge in [0, 0.05) is 5.69 Å². The number of benzene rings is 1. The lowest BCUT2D eigenvalue weighted by Crippen LogP contribution is -2.54. The number of halogens is 2. The predicted octanol–water partition coefficient (Wildman–Crippen LogP) is 3.03. The van der Waals surface area contributed by atoms with Gasteiger partial charge >= 0.3 is 0 Å². The Morgan fingerprint density at radius 3 is 2.74 bits per heavy atom. The van der Waals surface area contributed by atoms with Crippen LogP contribution in [0.4, 0.5) is 10.1 Å². The molecule has 1 saturated heterocycles. The molecule has 1 aliphatic heterocycles. The molecule has 19 heavy (non-hydrogen) atoms. The molecule has 1 heterocycles. The topological polar surface area (TPSA) is 41.1 Å². The number of piperidine rings is 1. The van der Waals surface area contributed by atoms with E-state index in [1.165, 1.54) is 6.07 Å². The number of carbonyl (C=O) groups excluding carboxylic acids is 1. The van der Waals surface area contributed by atoms with E-state index < -0.39 is 5.54 Å². The smallest absolute Gasteiger partial charge is 0.244 e. The highest BCUT2D eigenvalue weighted by Gasteiger charge is 2.34. The highest BCUT2D eigenvalue weighted by atomic mass is 35.5. The Hall–Kier alpha value is -1.13. The molecule has 1 fully saturated rings. The van der Waals surface area contributed by atoms with Gasteiger partial charge in [-0.15, -0.1) is 12.4 Å². The molecule has 5 heteroatoms. The zero-order valence-electron chi connectivity index (χ0n) is 11.3. The number of hydrogen-bond acceptors (Lipinski definition) is 2. The summed E-state index contributed by atoms with van der Waals surface area (Å²) in [6.07, 6.45) is 2.95. The highest BCUT2D eigenvalue weighted by molar-refractivity contribution is 5.97. The average Bonchev–Trinajstić information content (AvgIpc) is 2.35. The molecular formula is C14H20ClFN2O. The largest absolute Gasteiger partial charge is 0.324 e. The zero-order chi connectivity index (χ0) is 13.2. The zero-order valence-corrected chi connectivity index (χ0v) is 12.1. The van der Waals surface area contributed by atoms with Gasteiger partial charge in [0.2, 0.25) is 5.91 Å². The molecule has 1 unspecified atom stereocenters. The van der Waals surface area contributed by atoms with Gasteiger partial charge < -0.3 is 10.6 Å². The Morgan fingerprint density at radius 2 is 2.16 bits per heavy atom. The van der Waals surface area contributed by atoms with Crippen molar-refractivity contribution >= 4 is 24.0 Å². The second-order valence-electron chi connectivity index (χ2n) is 5.13. The fourth-order valence-electron chi connectivity index (χ4n) is 2.19. The molecule has 1 aromatic carbocycles. The van der Waals surface area contributed by atoms with E-state index in [4.69, 9.17) is 0 Å². The average molecular weight is 287 g/mol.